The van der Waals surface area contributed by atoms with Crippen molar-refractivity contribution >= 4 is 11.6 Å². The molecule has 2 aromatic carbocycles. The third-order valence-corrected chi connectivity index (χ3v) is 3.63. The third kappa shape index (κ3) is 4.69. The fourth-order valence-corrected chi connectivity index (χ4v) is 2.34. The highest BCUT2D eigenvalue weighted by molar-refractivity contribution is 5.91. The molecule has 0 aliphatic heterocycles. The maximum Gasteiger partial charge on any atom is 0.418 e. The van der Waals surface area contributed by atoms with E-state index in [0.29, 0.717) is 5.56 Å². The first-order valence-corrected chi connectivity index (χ1v) is 7.87. The molecule has 1 N–H and O–H groups in total. The highest BCUT2D eigenvalue weighted by Gasteiger charge is 2.33. The second-order valence-electron chi connectivity index (χ2n) is 5.60. The van der Waals surface area contributed by atoms with Crippen molar-refractivity contribution in [3.63, 3.8) is 0 Å². The number of carbonyl (C=O) groups is 1. The Labute approximate surface area is 151 Å². The van der Waals surface area contributed by atoms with Crippen LogP contribution < -0.4 is 5.32 Å². The van der Waals surface area contributed by atoms with E-state index in [9.17, 15) is 22.4 Å². The summed E-state index contributed by atoms with van der Waals surface area (Å²) >= 11 is 0. The van der Waals surface area contributed by atoms with E-state index in [4.69, 9.17) is 4.42 Å². The van der Waals surface area contributed by atoms with E-state index in [1.165, 1.54) is 42.5 Å². The molecule has 5 nitrogen and oxygen atoms in total. The lowest BCUT2D eigenvalue weighted by Gasteiger charge is -2.13. The van der Waals surface area contributed by atoms with Gasteiger partial charge in [0.2, 0.25) is 17.7 Å². The minimum Gasteiger partial charge on any atom is -0.421 e. The monoisotopic (exact) mass is 379 g/mol. The molecule has 0 aliphatic carbocycles. The van der Waals surface area contributed by atoms with Gasteiger partial charge in [-0.25, -0.2) is 4.39 Å². The number of hydrogen-bond donors (Lipinski definition) is 1. The van der Waals surface area contributed by atoms with E-state index >= 15 is 0 Å². The SMILES string of the molecule is O=C(CCc1nnc(-c2ccc(F)cc2)o1)Nc1ccccc1C(F)(F)F. The van der Waals surface area contributed by atoms with Gasteiger partial charge in [0.25, 0.3) is 0 Å². The first-order chi connectivity index (χ1) is 12.8. The summed E-state index contributed by atoms with van der Waals surface area (Å²) in [7, 11) is 0. The Morgan fingerprint density at radius 3 is 2.44 bits per heavy atom. The maximum atomic E-state index is 12.9. The molecular formula is C18H13F4N3O2. The van der Waals surface area contributed by atoms with Crippen molar-refractivity contribution < 1.29 is 26.8 Å². The topological polar surface area (TPSA) is 68.0 Å². The number of nitrogens with zero attached hydrogens (tertiary/aromatic N) is 2. The van der Waals surface area contributed by atoms with Gasteiger partial charge in [0.15, 0.2) is 0 Å². The summed E-state index contributed by atoms with van der Waals surface area (Å²) in [5.41, 5.74) is -0.721. The zero-order valence-electron chi connectivity index (χ0n) is 13.8. The average molecular weight is 379 g/mol. The predicted molar refractivity (Wildman–Crippen MR) is 88.1 cm³/mol. The van der Waals surface area contributed by atoms with Gasteiger partial charge in [0.1, 0.15) is 5.82 Å². The lowest BCUT2D eigenvalue weighted by molar-refractivity contribution is -0.137. The Hall–Kier alpha value is -3.23. The van der Waals surface area contributed by atoms with E-state index < -0.39 is 23.5 Å². The molecule has 0 atom stereocenters. The van der Waals surface area contributed by atoms with E-state index in [0.717, 1.165) is 6.07 Å². The summed E-state index contributed by atoms with van der Waals surface area (Å²) in [4.78, 5) is 12.0. The van der Waals surface area contributed by atoms with Gasteiger partial charge in [-0.1, -0.05) is 12.1 Å². The Morgan fingerprint density at radius 2 is 1.74 bits per heavy atom. The van der Waals surface area contributed by atoms with Crippen LogP contribution in [-0.4, -0.2) is 16.1 Å². The molecule has 1 aromatic heterocycles. The van der Waals surface area contributed by atoms with Crippen LogP contribution in [0.15, 0.2) is 52.9 Å². The number of alkyl halides is 3. The van der Waals surface area contributed by atoms with Crippen LogP contribution in [0.25, 0.3) is 11.5 Å². The Morgan fingerprint density at radius 1 is 1.04 bits per heavy atom. The molecule has 0 fully saturated rings. The molecule has 3 rings (SSSR count). The van der Waals surface area contributed by atoms with Gasteiger partial charge in [-0.05, 0) is 36.4 Å². The molecule has 0 bridgehead atoms. The van der Waals surface area contributed by atoms with Crippen LogP contribution in [0.2, 0.25) is 0 Å². The lowest BCUT2D eigenvalue weighted by Crippen LogP contribution is -2.16. The van der Waals surface area contributed by atoms with Crippen molar-refractivity contribution in [3.8, 4) is 11.5 Å². The van der Waals surface area contributed by atoms with Gasteiger partial charge in [-0.2, -0.15) is 13.2 Å². The molecular weight excluding hydrogens is 366 g/mol. The Bertz CT molecular complexity index is 936. The summed E-state index contributed by atoms with van der Waals surface area (Å²) in [6.45, 7) is 0. The van der Waals surface area contributed by atoms with Crippen molar-refractivity contribution in [3.05, 3.63) is 65.8 Å². The zero-order valence-corrected chi connectivity index (χ0v) is 13.8. The quantitative estimate of drug-likeness (QED) is 0.665. The van der Waals surface area contributed by atoms with E-state index in [1.807, 2.05) is 0 Å². The van der Waals surface area contributed by atoms with Crippen LogP contribution >= 0.6 is 0 Å². The molecule has 1 heterocycles. The van der Waals surface area contributed by atoms with E-state index in [1.54, 1.807) is 0 Å². The number of aryl methyl sites for hydroxylation is 1. The largest absolute Gasteiger partial charge is 0.421 e. The number of rotatable bonds is 5. The number of nitrogens with one attached hydrogen (secondary N) is 1. The van der Waals surface area contributed by atoms with Gasteiger partial charge in [-0.15, -0.1) is 10.2 Å². The van der Waals surface area contributed by atoms with E-state index in [2.05, 4.69) is 15.5 Å². The minimum absolute atomic E-state index is 0.0498. The average Bonchev–Trinajstić information content (AvgIpc) is 3.09. The molecule has 0 radical (unpaired) electrons. The summed E-state index contributed by atoms with van der Waals surface area (Å²) in [5, 5.41) is 9.83. The maximum absolute atomic E-state index is 12.9. The normalized spacial score (nSPS) is 11.4. The number of hydrogen-bond acceptors (Lipinski definition) is 4. The lowest BCUT2D eigenvalue weighted by atomic mass is 10.1. The molecule has 1 amide bonds. The molecule has 0 unspecified atom stereocenters. The van der Waals surface area contributed by atoms with Crippen molar-refractivity contribution in [2.45, 2.75) is 19.0 Å². The first kappa shape index (κ1) is 18.6. The summed E-state index contributed by atoms with van der Waals surface area (Å²) in [6, 6.07) is 10.1. The van der Waals surface area contributed by atoms with Crippen LogP contribution in [0.5, 0.6) is 0 Å². The van der Waals surface area contributed by atoms with Gasteiger partial charge < -0.3 is 9.73 Å². The molecule has 27 heavy (non-hydrogen) atoms. The van der Waals surface area contributed by atoms with Crippen molar-refractivity contribution in [1.82, 2.24) is 10.2 Å². The number of halogens is 4. The molecule has 140 valence electrons. The van der Waals surface area contributed by atoms with Crippen LogP contribution in [0, 0.1) is 5.82 Å². The van der Waals surface area contributed by atoms with Crippen LogP contribution in [-0.2, 0) is 17.4 Å². The fraction of sp³-hybridized carbons (Fsp3) is 0.167. The van der Waals surface area contributed by atoms with Gasteiger partial charge in [-0.3, -0.25) is 4.79 Å². The predicted octanol–water partition coefficient (Wildman–Crippen LogP) is 4.47. The molecule has 9 heteroatoms. The third-order valence-electron chi connectivity index (χ3n) is 3.63. The number of para-hydroxylation sites is 1. The van der Waals surface area contributed by atoms with Crippen LogP contribution in [0.1, 0.15) is 17.9 Å². The number of amides is 1. The second kappa shape index (κ2) is 7.56. The van der Waals surface area contributed by atoms with Gasteiger partial charge in [0.05, 0.1) is 11.3 Å². The number of anilines is 1. The summed E-state index contributed by atoms with van der Waals surface area (Å²) in [6.07, 6.45) is -4.66. The standard InChI is InChI=1S/C18H13F4N3O2/c19-12-7-5-11(6-8-12)17-25-24-16(27-17)10-9-15(26)23-14-4-2-1-3-13(14)18(20,21)22/h1-8H,9-10H2,(H,23,26). The van der Waals surface area contributed by atoms with Gasteiger partial charge in [0, 0.05) is 18.4 Å². The molecule has 0 saturated carbocycles. The fourth-order valence-electron chi connectivity index (χ4n) is 2.34. The first-order valence-electron chi connectivity index (χ1n) is 7.87. The number of aromatic nitrogens is 2. The summed E-state index contributed by atoms with van der Waals surface area (Å²) < 4.78 is 57.1. The van der Waals surface area contributed by atoms with Crippen LogP contribution in [0.3, 0.4) is 0 Å². The van der Waals surface area contributed by atoms with Gasteiger partial charge >= 0.3 is 6.18 Å². The second-order valence-corrected chi connectivity index (χ2v) is 5.60. The molecule has 0 saturated heterocycles. The molecule has 3 aromatic rings. The van der Waals surface area contributed by atoms with E-state index in [-0.39, 0.29) is 30.3 Å². The number of carbonyl (C=O) groups excluding carboxylic acids is 1. The highest BCUT2D eigenvalue weighted by Crippen LogP contribution is 2.34. The van der Waals surface area contributed by atoms with Crippen molar-refractivity contribution in [1.29, 1.82) is 0 Å². The smallest absolute Gasteiger partial charge is 0.418 e. The number of benzene rings is 2. The Kier molecular flexibility index (Phi) is 5.20. The highest BCUT2D eigenvalue weighted by atomic mass is 19.4. The zero-order chi connectivity index (χ0) is 19.4. The molecule has 0 spiro atoms. The summed E-state index contributed by atoms with van der Waals surface area (Å²) in [5.74, 6) is -0.719. The molecule has 0 aliphatic rings. The van der Waals surface area contributed by atoms with Crippen molar-refractivity contribution in [2.75, 3.05) is 5.32 Å². The van der Waals surface area contributed by atoms with Crippen LogP contribution in [0.4, 0.5) is 23.2 Å². The van der Waals surface area contributed by atoms with Crippen molar-refractivity contribution in [2.24, 2.45) is 0 Å². The Balaban J connectivity index is 1.61. The minimum atomic E-state index is -4.57.